The summed E-state index contributed by atoms with van der Waals surface area (Å²) in [6.07, 6.45) is -1.33. The molecule has 1 saturated heterocycles. The molecule has 1 aliphatic rings. The van der Waals surface area contributed by atoms with Crippen LogP contribution in [0, 0.1) is 5.92 Å². The van der Waals surface area contributed by atoms with Crippen molar-refractivity contribution in [1.29, 1.82) is 0 Å². The van der Waals surface area contributed by atoms with Crippen LogP contribution in [0.3, 0.4) is 0 Å². The number of hydrogen-bond donors (Lipinski definition) is 3. The number of aliphatic hydroxyl groups is 1. The maximum Gasteiger partial charge on any atom is 0.407 e. The number of anilines is 1. The molecule has 1 fully saturated rings. The second-order valence-electron chi connectivity index (χ2n) is 9.80. The van der Waals surface area contributed by atoms with Crippen LogP contribution in [0.1, 0.15) is 25.8 Å². The molecular weight excluding hydrogens is 528 g/mol. The predicted octanol–water partition coefficient (Wildman–Crippen LogP) is 3.01. The van der Waals surface area contributed by atoms with Crippen LogP contribution < -0.4 is 11.1 Å². The lowest BCUT2D eigenvalue weighted by molar-refractivity contribution is 0.0644. The van der Waals surface area contributed by atoms with Crippen molar-refractivity contribution in [2.45, 2.75) is 49.8 Å². The number of sulfonamides is 1. The van der Waals surface area contributed by atoms with E-state index in [1.54, 1.807) is 12.1 Å². The molecule has 0 bridgehead atoms. The SMILES string of the molecule is CC(C)CN(C[C@@H](O)[C@H](Cc1ccccc1)NC(=O)OC1CCOC1)S(=O)(=O)c1ccc2nc(N)sc2c1. The Morgan fingerprint density at radius 3 is 2.71 bits per heavy atom. The Bertz CT molecular complexity index is 1330. The first-order chi connectivity index (χ1) is 18.1. The van der Waals surface area contributed by atoms with Crippen molar-refractivity contribution in [2.75, 3.05) is 32.0 Å². The molecule has 10 nitrogen and oxygen atoms in total. The lowest BCUT2D eigenvalue weighted by Crippen LogP contribution is -2.51. The molecule has 3 atom stereocenters. The number of aromatic nitrogens is 1. The fourth-order valence-electron chi connectivity index (χ4n) is 4.34. The second-order valence-corrected chi connectivity index (χ2v) is 12.8. The van der Waals surface area contributed by atoms with Crippen molar-refractivity contribution >= 4 is 42.8 Å². The summed E-state index contributed by atoms with van der Waals surface area (Å²) < 4.78 is 40.1. The molecule has 4 N–H and O–H groups in total. The maximum atomic E-state index is 13.7. The van der Waals surface area contributed by atoms with Crippen molar-refractivity contribution in [3.63, 3.8) is 0 Å². The van der Waals surface area contributed by atoms with Gasteiger partial charge in [-0.2, -0.15) is 4.31 Å². The number of nitrogen functional groups attached to an aromatic ring is 1. The van der Waals surface area contributed by atoms with Crippen LogP contribution in [-0.2, 0) is 25.9 Å². The van der Waals surface area contributed by atoms with Crippen molar-refractivity contribution in [3.8, 4) is 0 Å². The standard InChI is InChI=1S/C26H34N4O6S2/c1-17(2)14-30(38(33,34)20-8-9-21-24(13-20)37-25(27)28-21)15-23(31)22(12-18-6-4-3-5-7-18)29-26(32)36-19-10-11-35-16-19/h3-9,13,17,19,22-23,31H,10-12,14-16H2,1-2H3,(H2,27,28)(H,29,32)/t19?,22-,23+/m0/s1. The Kier molecular flexibility index (Phi) is 9.21. The first-order valence-corrected chi connectivity index (χ1v) is 14.8. The first-order valence-electron chi connectivity index (χ1n) is 12.5. The van der Waals surface area contributed by atoms with E-state index in [4.69, 9.17) is 15.2 Å². The third-order valence-corrected chi connectivity index (χ3v) is 8.88. The Morgan fingerprint density at radius 2 is 2.03 bits per heavy atom. The average Bonchev–Trinajstić information content (AvgIpc) is 3.51. The lowest BCUT2D eigenvalue weighted by atomic mass is 10.0. The first kappa shape index (κ1) is 28.2. The van der Waals surface area contributed by atoms with Gasteiger partial charge in [-0.15, -0.1) is 0 Å². The summed E-state index contributed by atoms with van der Waals surface area (Å²) in [7, 11) is -3.98. The van der Waals surface area contributed by atoms with Gasteiger partial charge in [-0.3, -0.25) is 0 Å². The number of rotatable bonds is 11. The van der Waals surface area contributed by atoms with E-state index in [1.165, 1.54) is 21.7 Å². The van der Waals surface area contributed by atoms with Crippen molar-refractivity contribution < 1.29 is 27.8 Å². The average molecular weight is 563 g/mol. The van der Waals surface area contributed by atoms with Crippen LogP contribution in [0.15, 0.2) is 53.4 Å². The fourth-order valence-corrected chi connectivity index (χ4v) is 6.84. The van der Waals surface area contributed by atoms with E-state index < -0.39 is 28.3 Å². The van der Waals surface area contributed by atoms with Gasteiger partial charge in [0.1, 0.15) is 6.10 Å². The van der Waals surface area contributed by atoms with E-state index in [-0.39, 0.29) is 30.0 Å². The van der Waals surface area contributed by atoms with E-state index >= 15 is 0 Å². The van der Waals surface area contributed by atoms with E-state index in [2.05, 4.69) is 10.3 Å². The van der Waals surface area contributed by atoms with Gasteiger partial charge in [-0.25, -0.2) is 18.2 Å². The molecule has 2 heterocycles. The molecule has 1 aliphatic heterocycles. The molecule has 1 unspecified atom stereocenters. The summed E-state index contributed by atoms with van der Waals surface area (Å²) in [6.45, 7) is 4.63. The molecule has 1 amide bonds. The second kappa shape index (κ2) is 12.4. The number of benzene rings is 2. The predicted molar refractivity (Wildman–Crippen MR) is 146 cm³/mol. The summed E-state index contributed by atoms with van der Waals surface area (Å²) in [6, 6.07) is 13.3. The van der Waals surface area contributed by atoms with Gasteiger partial charge in [0.15, 0.2) is 5.13 Å². The number of amides is 1. The van der Waals surface area contributed by atoms with Crippen molar-refractivity contribution in [3.05, 3.63) is 54.1 Å². The largest absolute Gasteiger partial charge is 0.444 e. The van der Waals surface area contributed by atoms with Gasteiger partial charge in [-0.1, -0.05) is 55.5 Å². The number of aliphatic hydroxyl groups excluding tert-OH is 1. The molecule has 3 aromatic rings. The van der Waals surface area contributed by atoms with Crippen LogP contribution in [0.2, 0.25) is 0 Å². The zero-order chi connectivity index (χ0) is 27.3. The Balaban J connectivity index is 1.56. The smallest absolute Gasteiger partial charge is 0.407 e. The fraction of sp³-hybridized carbons (Fsp3) is 0.462. The monoisotopic (exact) mass is 562 g/mol. The number of nitrogens with one attached hydrogen (secondary N) is 1. The van der Waals surface area contributed by atoms with Gasteiger partial charge in [0.25, 0.3) is 0 Å². The zero-order valence-corrected chi connectivity index (χ0v) is 23.1. The van der Waals surface area contributed by atoms with Crippen molar-refractivity contribution in [1.82, 2.24) is 14.6 Å². The van der Waals surface area contributed by atoms with Gasteiger partial charge < -0.3 is 25.6 Å². The van der Waals surface area contributed by atoms with Crippen LogP contribution in [0.25, 0.3) is 10.2 Å². The van der Waals surface area contributed by atoms with Gasteiger partial charge in [0.05, 0.1) is 40.5 Å². The number of thiazole rings is 1. The number of fused-ring (bicyclic) bond motifs is 1. The highest BCUT2D eigenvalue weighted by atomic mass is 32.2. The summed E-state index contributed by atoms with van der Waals surface area (Å²) in [4.78, 5) is 17.0. The molecule has 38 heavy (non-hydrogen) atoms. The van der Waals surface area contributed by atoms with E-state index in [9.17, 15) is 18.3 Å². The zero-order valence-electron chi connectivity index (χ0n) is 21.4. The summed E-state index contributed by atoms with van der Waals surface area (Å²) >= 11 is 1.21. The molecular formula is C26H34N4O6S2. The van der Waals surface area contributed by atoms with Gasteiger partial charge in [-0.05, 0) is 36.1 Å². The van der Waals surface area contributed by atoms with E-state index in [1.807, 2.05) is 44.2 Å². The molecule has 2 aromatic carbocycles. The number of nitrogens with zero attached hydrogens (tertiary/aromatic N) is 2. The molecule has 0 radical (unpaired) electrons. The normalized spacial score (nSPS) is 17.7. The van der Waals surface area contributed by atoms with Crippen LogP contribution >= 0.6 is 11.3 Å². The number of hydrogen-bond acceptors (Lipinski definition) is 9. The molecule has 206 valence electrons. The highest BCUT2D eigenvalue weighted by Gasteiger charge is 2.32. The van der Waals surface area contributed by atoms with Gasteiger partial charge >= 0.3 is 6.09 Å². The lowest BCUT2D eigenvalue weighted by Gasteiger charge is -2.30. The van der Waals surface area contributed by atoms with Gasteiger partial charge in [0, 0.05) is 19.5 Å². The molecule has 0 spiro atoms. The molecule has 4 rings (SSSR count). The minimum atomic E-state index is -3.98. The molecule has 0 aliphatic carbocycles. The highest BCUT2D eigenvalue weighted by Crippen LogP contribution is 2.28. The Labute approximate surface area is 226 Å². The number of alkyl carbamates (subject to hydrolysis) is 1. The van der Waals surface area contributed by atoms with Gasteiger partial charge in [0.2, 0.25) is 10.0 Å². The van der Waals surface area contributed by atoms with E-state index in [0.29, 0.717) is 41.4 Å². The molecule has 1 aromatic heterocycles. The Hall–Kier alpha value is -2.77. The maximum absolute atomic E-state index is 13.7. The number of nitrogens with two attached hydrogens (primary N) is 1. The van der Waals surface area contributed by atoms with E-state index in [0.717, 1.165) is 5.56 Å². The quantitative estimate of drug-likeness (QED) is 0.324. The third kappa shape index (κ3) is 7.20. The minimum absolute atomic E-state index is 0.00683. The number of carbonyl (C=O) groups is 1. The molecule has 12 heteroatoms. The Morgan fingerprint density at radius 1 is 1.26 bits per heavy atom. The summed E-state index contributed by atoms with van der Waals surface area (Å²) in [5.41, 5.74) is 7.30. The summed E-state index contributed by atoms with van der Waals surface area (Å²) in [5, 5.41) is 14.4. The van der Waals surface area contributed by atoms with Crippen LogP contribution in [0.4, 0.5) is 9.93 Å². The molecule has 0 saturated carbocycles. The third-order valence-electron chi connectivity index (χ3n) is 6.20. The topological polar surface area (TPSA) is 144 Å². The van der Waals surface area contributed by atoms with Crippen molar-refractivity contribution in [2.24, 2.45) is 5.92 Å². The number of carbonyl (C=O) groups excluding carboxylic acids is 1. The summed E-state index contributed by atoms with van der Waals surface area (Å²) in [5.74, 6) is -0.00683. The number of ether oxygens (including phenoxy) is 2. The highest BCUT2D eigenvalue weighted by molar-refractivity contribution is 7.89. The minimum Gasteiger partial charge on any atom is -0.444 e. The van der Waals surface area contributed by atoms with Crippen LogP contribution in [0.5, 0.6) is 0 Å². The van der Waals surface area contributed by atoms with Crippen LogP contribution in [-0.4, -0.2) is 73.5 Å².